The number of nitrogens with zero attached hydrogens (tertiary/aromatic N) is 2. The van der Waals surface area contributed by atoms with E-state index in [4.69, 9.17) is 0 Å². The highest BCUT2D eigenvalue weighted by Gasteiger charge is 2.33. The van der Waals surface area contributed by atoms with Crippen molar-refractivity contribution >= 4 is 17.8 Å². The van der Waals surface area contributed by atoms with E-state index >= 15 is 0 Å². The molecule has 148 valence electrons. The Kier molecular flexibility index (Phi) is 6.96. The summed E-state index contributed by atoms with van der Waals surface area (Å²) in [6, 6.07) is 9.54. The summed E-state index contributed by atoms with van der Waals surface area (Å²) in [5.41, 5.74) is 0.617. The first-order valence-electron chi connectivity index (χ1n) is 9.27. The van der Waals surface area contributed by atoms with Crippen LogP contribution in [0.15, 0.2) is 30.3 Å². The molecular formula is C20H29N3O4. The molecule has 1 aromatic carbocycles. The molecule has 4 amide bonds. The van der Waals surface area contributed by atoms with Crippen LogP contribution in [0.25, 0.3) is 0 Å². The summed E-state index contributed by atoms with van der Waals surface area (Å²) >= 11 is 0. The third-order valence-electron chi connectivity index (χ3n) is 5.17. The Morgan fingerprint density at radius 3 is 2.52 bits per heavy atom. The molecule has 2 rings (SSSR count). The second-order valence-corrected chi connectivity index (χ2v) is 7.56. The third-order valence-corrected chi connectivity index (χ3v) is 5.17. The van der Waals surface area contributed by atoms with Crippen LogP contribution in [0.1, 0.15) is 32.3 Å². The molecule has 0 aliphatic carbocycles. The molecule has 1 heterocycles. The van der Waals surface area contributed by atoms with Crippen LogP contribution in [-0.2, 0) is 16.0 Å². The number of hydrogen-bond acceptors (Lipinski definition) is 4. The van der Waals surface area contributed by atoms with Crippen molar-refractivity contribution in [3.63, 3.8) is 0 Å². The second kappa shape index (κ2) is 8.99. The molecule has 0 radical (unpaired) electrons. The van der Waals surface area contributed by atoms with E-state index < -0.39 is 11.5 Å². The van der Waals surface area contributed by atoms with Gasteiger partial charge in [0.1, 0.15) is 6.54 Å². The van der Waals surface area contributed by atoms with Gasteiger partial charge in [-0.15, -0.1) is 0 Å². The van der Waals surface area contributed by atoms with Gasteiger partial charge in [0, 0.05) is 32.0 Å². The zero-order valence-corrected chi connectivity index (χ0v) is 16.3. The number of likely N-dealkylation sites (N-methyl/N-ethyl adjacent to an activating group) is 1. The Morgan fingerprint density at radius 1 is 1.30 bits per heavy atom. The summed E-state index contributed by atoms with van der Waals surface area (Å²) in [5.74, 6) is -0.380. The number of aliphatic hydroxyl groups is 1. The number of benzene rings is 1. The molecule has 0 spiro atoms. The second-order valence-electron chi connectivity index (χ2n) is 7.56. The average molecular weight is 375 g/mol. The van der Waals surface area contributed by atoms with Crippen LogP contribution in [-0.4, -0.2) is 65.5 Å². The minimum absolute atomic E-state index is 0.0945. The number of carbonyl (C=O) groups excluding carboxylic acids is 3. The van der Waals surface area contributed by atoms with Gasteiger partial charge in [-0.25, -0.2) is 4.79 Å². The Hall–Kier alpha value is -2.41. The van der Waals surface area contributed by atoms with Gasteiger partial charge in [-0.05, 0) is 25.3 Å². The van der Waals surface area contributed by atoms with Crippen molar-refractivity contribution in [1.29, 1.82) is 0 Å². The van der Waals surface area contributed by atoms with Gasteiger partial charge in [-0.2, -0.15) is 0 Å². The lowest BCUT2D eigenvalue weighted by Gasteiger charge is -2.33. The van der Waals surface area contributed by atoms with Crippen LogP contribution in [0.2, 0.25) is 0 Å². The number of hydrogen-bond donors (Lipinski definition) is 2. The van der Waals surface area contributed by atoms with Gasteiger partial charge >= 0.3 is 6.03 Å². The minimum atomic E-state index is -0.589. The van der Waals surface area contributed by atoms with Crippen molar-refractivity contribution in [3.8, 4) is 0 Å². The Morgan fingerprint density at radius 2 is 1.96 bits per heavy atom. The molecule has 1 fully saturated rings. The van der Waals surface area contributed by atoms with E-state index in [1.165, 1.54) is 9.80 Å². The Labute approximate surface area is 160 Å². The Bertz CT molecular complexity index is 677. The average Bonchev–Trinajstić information content (AvgIpc) is 2.87. The highest BCUT2D eigenvalue weighted by molar-refractivity contribution is 6.01. The molecule has 0 unspecified atom stereocenters. The van der Waals surface area contributed by atoms with E-state index in [1.54, 1.807) is 14.0 Å². The molecule has 1 aromatic rings. The highest BCUT2D eigenvalue weighted by atomic mass is 16.3. The summed E-state index contributed by atoms with van der Waals surface area (Å²) in [7, 11) is 1.58. The molecule has 2 N–H and O–H groups in total. The molecule has 1 aliphatic heterocycles. The van der Waals surface area contributed by atoms with E-state index in [0.717, 1.165) is 5.56 Å². The molecule has 1 aliphatic rings. The molecule has 27 heavy (non-hydrogen) atoms. The van der Waals surface area contributed by atoms with Crippen LogP contribution in [0.3, 0.4) is 0 Å². The fourth-order valence-corrected chi connectivity index (χ4v) is 3.10. The van der Waals surface area contributed by atoms with E-state index in [0.29, 0.717) is 19.4 Å². The minimum Gasteiger partial charge on any atom is -0.393 e. The lowest BCUT2D eigenvalue weighted by molar-refractivity contribution is -0.126. The van der Waals surface area contributed by atoms with Crippen molar-refractivity contribution in [1.82, 2.24) is 15.1 Å². The van der Waals surface area contributed by atoms with E-state index in [-0.39, 0.29) is 37.4 Å². The van der Waals surface area contributed by atoms with Crippen molar-refractivity contribution in [3.05, 3.63) is 35.9 Å². The molecular weight excluding hydrogens is 346 g/mol. The first kappa shape index (κ1) is 20.9. The normalized spacial score (nSPS) is 17.8. The van der Waals surface area contributed by atoms with Gasteiger partial charge in [0.25, 0.3) is 0 Å². The van der Waals surface area contributed by atoms with Gasteiger partial charge in [0.05, 0.1) is 6.10 Å². The molecule has 0 saturated carbocycles. The maximum Gasteiger partial charge on any atom is 0.326 e. The quantitative estimate of drug-likeness (QED) is 0.639. The summed E-state index contributed by atoms with van der Waals surface area (Å²) in [5, 5.41) is 13.1. The van der Waals surface area contributed by atoms with Crippen molar-refractivity contribution in [2.75, 3.05) is 26.7 Å². The fraction of sp³-hybridized carbons (Fsp3) is 0.550. The van der Waals surface area contributed by atoms with Gasteiger partial charge in [0.2, 0.25) is 11.8 Å². The lowest BCUT2D eigenvalue weighted by Crippen LogP contribution is -2.44. The number of imide groups is 1. The van der Waals surface area contributed by atoms with Crippen LogP contribution >= 0.6 is 0 Å². The van der Waals surface area contributed by atoms with Crippen LogP contribution in [0.5, 0.6) is 0 Å². The number of nitrogens with one attached hydrogen (secondary N) is 1. The molecule has 2 atom stereocenters. The first-order valence-corrected chi connectivity index (χ1v) is 9.27. The zero-order valence-electron chi connectivity index (χ0n) is 16.3. The smallest absolute Gasteiger partial charge is 0.326 e. The highest BCUT2D eigenvalue weighted by Crippen LogP contribution is 2.26. The summed E-state index contributed by atoms with van der Waals surface area (Å²) in [4.78, 5) is 38.2. The van der Waals surface area contributed by atoms with Gasteiger partial charge in [-0.1, -0.05) is 37.3 Å². The topological polar surface area (TPSA) is 89.9 Å². The molecule has 0 aromatic heterocycles. The zero-order chi connectivity index (χ0) is 20.0. The molecule has 0 bridgehead atoms. The van der Waals surface area contributed by atoms with Crippen molar-refractivity contribution in [2.45, 2.75) is 39.2 Å². The monoisotopic (exact) mass is 375 g/mol. The van der Waals surface area contributed by atoms with Crippen LogP contribution in [0.4, 0.5) is 4.79 Å². The number of aliphatic hydroxyl groups excluding tert-OH is 1. The summed E-state index contributed by atoms with van der Waals surface area (Å²) < 4.78 is 0. The first-order chi connectivity index (χ1) is 12.7. The molecule has 7 heteroatoms. The van der Waals surface area contributed by atoms with E-state index in [2.05, 4.69) is 5.32 Å². The summed E-state index contributed by atoms with van der Waals surface area (Å²) in [6.45, 7) is 4.37. The molecule has 7 nitrogen and oxygen atoms in total. The van der Waals surface area contributed by atoms with Gasteiger partial charge < -0.3 is 15.3 Å². The Balaban J connectivity index is 1.80. The van der Waals surface area contributed by atoms with Crippen LogP contribution in [0, 0.1) is 5.41 Å². The van der Waals surface area contributed by atoms with E-state index in [9.17, 15) is 19.5 Å². The fourth-order valence-electron chi connectivity index (χ4n) is 3.10. The largest absolute Gasteiger partial charge is 0.393 e. The number of rotatable bonds is 9. The van der Waals surface area contributed by atoms with E-state index in [1.807, 2.05) is 37.3 Å². The van der Waals surface area contributed by atoms with Gasteiger partial charge in [-0.3, -0.25) is 14.5 Å². The van der Waals surface area contributed by atoms with Crippen LogP contribution < -0.4 is 5.32 Å². The third kappa shape index (κ3) is 5.53. The SMILES string of the molecule is C[C@H](O)[C@](C)(CNC(=O)CCCN1C(=O)CN(C)C1=O)Cc1ccccc1. The van der Waals surface area contributed by atoms with Crippen molar-refractivity contribution in [2.24, 2.45) is 5.41 Å². The standard InChI is InChI=1S/C20H29N3O4/c1-15(24)20(2,12-16-8-5-4-6-9-16)14-21-17(25)10-7-11-23-18(26)13-22(3)19(23)27/h4-6,8-9,15,24H,7,10-14H2,1-3H3,(H,21,25)/t15-,20-/m0/s1. The lowest BCUT2D eigenvalue weighted by atomic mass is 9.79. The maximum atomic E-state index is 12.2. The molecule has 1 saturated heterocycles. The van der Waals surface area contributed by atoms with Gasteiger partial charge in [0.15, 0.2) is 0 Å². The predicted octanol–water partition coefficient (Wildman–Crippen LogP) is 1.41. The maximum absolute atomic E-state index is 12.2. The predicted molar refractivity (Wildman–Crippen MR) is 102 cm³/mol. The number of carbonyl (C=O) groups is 3. The van der Waals surface area contributed by atoms with Crippen molar-refractivity contribution < 1.29 is 19.5 Å². The summed E-state index contributed by atoms with van der Waals surface area (Å²) in [6.07, 6.45) is 0.700. The number of amides is 4. The number of urea groups is 1.